The number of likely N-dealkylation sites (tertiary alicyclic amines) is 1. The number of carbonyl (C=O) groups is 1. The van der Waals surface area contributed by atoms with Crippen molar-refractivity contribution >= 4 is 21.8 Å². The number of nitrogens with one attached hydrogen (secondary N) is 1. The number of piperidine rings is 1. The van der Waals surface area contributed by atoms with Crippen molar-refractivity contribution in [2.24, 2.45) is 4.40 Å². The first-order chi connectivity index (χ1) is 10.5. The Morgan fingerprint density at radius 3 is 2.73 bits per heavy atom. The van der Waals surface area contributed by atoms with Crippen LogP contribution in [0.1, 0.15) is 12.8 Å². The largest absolute Gasteiger partial charge is 0.338 e. The summed E-state index contributed by atoms with van der Waals surface area (Å²) >= 11 is 0. The predicted octanol–water partition coefficient (Wildman–Crippen LogP) is -0.306. The normalized spacial score (nSPS) is 24.6. The van der Waals surface area contributed by atoms with Gasteiger partial charge in [0.2, 0.25) is 0 Å². The van der Waals surface area contributed by atoms with E-state index in [9.17, 15) is 13.2 Å². The minimum Gasteiger partial charge on any atom is -0.338 e. The van der Waals surface area contributed by atoms with E-state index < -0.39 is 10.0 Å². The standard InChI is InChI=1S/C14H20N4O3S/c1-15-11-4-7-18(8-5-11)14(19)12-3-2-6-17-9-10-22(20,21)16-13(12)17/h2-3,6,11,15H,4-5,7-10H2,1H3. The molecule has 3 rings (SSSR count). The highest BCUT2D eigenvalue weighted by Crippen LogP contribution is 2.21. The third kappa shape index (κ3) is 2.93. The van der Waals surface area contributed by atoms with Gasteiger partial charge in [-0.3, -0.25) is 4.79 Å². The molecule has 1 saturated heterocycles. The first kappa shape index (κ1) is 15.2. The van der Waals surface area contributed by atoms with Gasteiger partial charge in [-0.15, -0.1) is 4.40 Å². The van der Waals surface area contributed by atoms with E-state index in [2.05, 4.69) is 9.71 Å². The molecule has 120 valence electrons. The Kier molecular flexibility index (Phi) is 4.05. The molecule has 22 heavy (non-hydrogen) atoms. The molecule has 0 aromatic rings. The molecular weight excluding hydrogens is 304 g/mol. The number of hydrogen-bond donors (Lipinski definition) is 1. The van der Waals surface area contributed by atoms with Crippen LogP contribution in [0.2, 0.25) is 0 Å². The zero-order valence-electron chi connectivity index (χ0n) is 12.5. The van der Waals surface area contributed by atoms with Crippen LogP contribution in [-0.2, 0) is 14.8 Å². The third-order valence-corrected chi connectivity index (χ3v) is 5.43. The maximum atomic E-state index is 12.7. The Balaban J connectivity index is 1.81. The van der Waals surface area contributed by atoms with E-state index in [4.69, 9.17) is 0 Å². The predicted molar refractivity (Wildman–Crippen MR) is 83.8 cm³/mol. The minimum absolute atomic E-state index is 0.0180. The van der Waals surface area contributed by atoms with Gasteiger partial charge in [-0.2, -0.15) is 0 Å². The average Bonchev–Trinajstić information content (AvgIpc) is 2.53. The Morgan fingerprint density at radius 2 is 2.05 bits per heavy atom. The van der Waals surface area contributed by atoms with Crippen molar-refractivity contribution in [3.63, 3.8) is 0 Å². The third-order valence-electron chi connectivity index (χ3n) is 4.28. The van der Waals surface area contributed by atoms with Crippen molar-refractivity contribution < 1.29 is 13.2 Å². The molecule has 0 saturated carbocycles. The fraction of sp³-hybridized carbons (Fsp3) is 0.571. The van der Waals surface area contributed by atoms with Gasteiger partial charge in [0, 0.05) is 31.9 Å². The molecule has 1 N–H and O–H groups in total. The highest BCUT2D eigenvalue weighted by Gasteiger charge is 2.33. The van der Waals surface area contributed by atoms with Gasteiger partial charge >= 0.3 is 0 Å². The maximum Gasteiger partial charge on any atom is 0.257 e. The molecule has 1 fully saturated rings. The van der Waals surface area contributed by atoms with E-state index in [0.717, 1.165) is 12.8 Å². The first-order valence-electron chi connectivity index (χ1n) is 7.45. The summed E-state index contributed by atoms with van der Waals surface area (Å²) in [6, 6.07) is 0.438. The van der Waals surface area contributed by atoms with Crippen LogP contribution >= 0.6 is 0 Å². The van der Waals surface area contributed by atoms with E-state index in [-0.39, 0.29) is 17.5 Å². The van der Waals surface area contributed by atoms with Crippen LogP contribution in [0, 0.1) is 0 Å². The Hall–Kier alpha value is -1.67. The summed E-state index contributed by atoms with van der Waals surface area (Å²) in [6.45, 7) is 1.68. The van der Waals surface area contributed by atoms with E-state index in [0.29, 0.717) is 31.2 Å². The van der Waals surface area contributed by atoms with Crippen molar-refractivity contribution in [3.05, 3.63) is 23.9 Å². The summed E-state index contributed by atoms with van der Waals surface area (Å²) in [4.78, 5) is 16.2. The molecule has 0 unspecified atom stereocenters. The second-order valence-corrected chi connectivity index (χ2v) is 7.43. The molecule has 0 spiro atoms. The molecule has 8 heteroatoms. The molecule has 7 nitrogen and oxygen atoms in total. The van der Waals surface area contributed by atoms with Gasteiger partial charge in [0.05, 0.1) is 11.3 Å². The molecule has 3 aliphatic rings. The lowest BCUT2D eigenvalue weighted by Gasteiger charge is -2.34. The quantitative estimate of drug-likeness (QED) is 0.754. The number of carbonyl (C=O) groups excluding carboxylic acids is 1. The Labute approximate surface area is 130 Å². The minimum atomic E-state index is -3.47. The zero-order valence-corrected chi connectivity index (χ0v) is 13.3. The van der Waals surface area contributed by atoms with Crippen molar-refractivity contribution in [2.45, 2.75) is 18.9 Å². The lowest BCUT2D eigenvalue weighted by Crippen LogP contribution is -2.47. The summed E-state index contributed by atoms with van der Waals surface area (Å²) in [5, 5.41) is 3.22. The summed E-state index contributed by atoms with van der Waals surface area (Å²) in [7, 11) is -1.55. The molecule has 3 aliphatic heterocycles. The van der Waals surface area contributed by atoms with Crippen molar-refractivity contribution in [3.8, 4) is 0 Å². The zero-order chi connectivity index (χ0) is 15.7. The average molecular weight is 324 g/mol. The summed E-state index contributed by atoms with van der Waals surface area (Å²) < 4.78 is 27.3. The maximum absolute atomic E-state index is 12.7. The van der Waals surface area contributed by atoms with Crippen LogP contribution in [0.4, 0.5) is 0 Å². The Bertz CT molecular complexity index is 658. The van der Waals surface area contributed by atoms with E-state index in [1.807, 2.05) is 7.05 Å². The van der Waals surface area contributed by atoms with Crippen molar-refractivity contribution in [2.75, 3.05) is 32.4 Å². The number of nitrogens with zero attached hydrogens (tertiary/aromatic N) is 3. The molecule has 0 aromatic carbocycles. The molecule has 0 radical (unpaired) electrons. The van der Waals surface area contributed by atoms with E-state index in [1.54, 1.807) is 28.2 Å². The number of amidine groups is 1. The van der Waals surface area contributed by atoms with Crippen LogP contribution in [-0.4, -0.2) is 68.4 Å². The first-order valence-corrected chi connectivity index (χ1v) is 9.06. The van der Waals surface area contributed by atoms with Crippen LogP contribution in [0.5, 0.6) is 0 Å². The van der Waals surface area contributed by atoms with E-state index in [1.165, 1.54) is 0 Å². The molecule has 1 amide bonds. The number of rotatable bonds is 2. The SMILES string of the molecule is CNC1CCN(C(=O)C2=CC=CN3CCS(=O)(=O)N=C23)CC1. The van der Waals surface area contributed by atoms with Gasteiger partial charge < -0.3 is 15.1 Å². The molecule has 3 heterocycles. The number of amides is 1. The van der Waals surface area contributed by atoms with Crippen molar-refractivity contribution in [1.29, 1.82) is 0 Å². The molecule has 0 aliphatic carbocycles. The van der Waals surface area contributed by atoms with Gasteiger partial charge in [0.25, 0.3) is 15.9 Å². The summed E-state index contributed by atoms with van der Waals surface area (Å²) in [6.07, 6.45) is 6.99. The molecule has 0 aromatic heterocycles. The molecule has 0 bridgehead atoms. The van der Waals surface area contributed by atoms with Gasteiger partial charge in [0.1, 0.15) is 0 Å². The second kappa shape index (κ2) is 5.85. The van der Waals surface area contributed by atoms with Crippen molar-refractivity contribution in [1.82, 2.24) is 15.1 Å². The lowest BCUT2D eigenvalue weighted by molar-refractivity contribution is -0.127. The number of allylic oxidation sites excluding steroid dienone is 2. The summed E-state index contributed by atoms with van der Waals surface area (Å²) in [5.74, 6) is 0.102. The van der Waals surface area contributed by atoms with Crippen LogP contribution < -0.4 is 5.32 Å². The molecule has 0 atom stereocenters. The second-order valence-electron chi connectivity index (χ2n) is 5.67. The van der Waals surface area contributed by atoms with E-state index >= 15 is 0 Å². The van der Waals surface area contributed by atoms with Gasteiger partial charge in [-0.1, -0.05) is 0 Å². The highest BCUT2D eigenvalue weighted by molar-refractivity contribution is 7.90. The topological polar surface area (TPSA) is 82.1 Å². The highest BCUT2D eigenvalue weighted by atomic mass is 32.2. The number of sulfonamides is 1. The van der Waals surface area contributed by atoms with Crippen LogP contribution in [0.3, 0.4) is 0 Å². The van der Waals surface area contributed by atoms with Gasteiger partial charge in [-0.05, 0) is 32.0 Å². The van der Waals surface area contributed by atoms with Crippen LogP contribution in [0.15, 0.2) is 28.3 Å². The Morgan fingerprint density at radius 1 is 1.32 bits per heavy atom. The van der Waals surface area contributed by atoms with Gasteiger partial charge in [-0.25, -0.2) is 8.42 Å². The van der Waals surface area contributed by atoms with Crippen LogP contribution in [0.25, 0.3) is 0 Å². The monoisotopic (exact) mass is 324 g/mol. The van der Waals surface area contributed by atoms with Gasteiger partial charge in [0.15, 0.2) is 5.84 Å². The fourth-order valence-corrected chi connectivity index (χ4v) is 3.91. The fourth-order valence-electron chi connectivity index (χ4n) is 2.92. The summed E-state index contributed by atoms with van der Waals surface area (Å²) in [5.41, 5.74) is 0.369. The smallest absolute Gasteiger partial charge is 0.257 e. The number of fused-ring (bicyclic) bond motifs is 1. The lowest BCUT2D eigenvalue weighted by atomic mass is 10.0. The number of hydrogen-bond acceptors (Lipinski definition) is 5. The molecular formula is C14H20N4O3S.